The third kappa shape index (κ3) is 4.27. The predicted molar refractivity (Wildman–Crippen MR) is 92.4 cm³/mol. The first-order chi connectivity index (χ1) is 10.5. The molecule has 0 aliphatic rings. The fourth-order valence-electron chi connectivity index (χ4n) is 1.76. The fraction of sp³-hybridized carbons (Fsp3) is 0.125. The number of rotatable bonds is 4. The second kappa shape index (κ2) is 7.35. The van der Waals surface area contributed by atoms with Crippen LogP contribution in [0.15, 0.2) is 42.5 Å². The molecule has 114 valence electrons. The summed E-state index contributed by atoms with van der Waals surface area (Å²) in [4.78, 5) is 23.4. The number of hydrogen-bond donors (Lipinski definition) is 2. The first kappa shape index (κ1) is 16.4. The standard InChI is InChI=1S/C16H14FIN2O2/c1-2-15(21)19-11-4-6-12(7-5-11)20-16(22)13-8-3-10(17)9-14(13)18/h3-9H,2H2,1H3,(H,19,21)(H,20,22). The Morgan fingerprint density at radius 3 is 2.18 bits per heavy atom. The second-order valence-electron chi connectivity index (χ2n) is 4.56. The maximum Gasteiger partial charge on any atom is 0.256 e. The van der Waals surface area contributed by atoms with E-state index in [4.69, 9.17) is 0 Å². The highest BCUT2D eigenvalue weighted by molar-refractivity contribution is 14.1. The zero-order valence-corrected chi connectivity index (χ0v) is 14.0. The molecule has 0 aromatic heterocycles. The van der Waals surface area contributed by atoms with E-state index in [2.05, 4.69) is 10.6 Å². The summed E-state index contributed by atoms with van der Waals surface area (Å²) in [5.41, 5.74) is 1.67. The minimum absolute atomic E-state index is 0.0716. The molecule has 0 atom stereocenters. The topological polar surface area (TPSA) is 58.2 Å². The van der Waals surface area contributed by atoms with E-state index in [0.29, 0.717) is 26.9 Å². The Balaban J connectivity index is 2.07. The van der Waals surface area contributed by atoms with E-state index in [9.17, 15) is 14.0 Å². The number of nitrogens with one attached hydrogen (secondary N) is 2. The Morgan fingerprint density at radius 1 is 1.05 bits per heavy atom. The van der Waals surface area contributed by atoms with E-state index in [-0.39, 0.29) is 17.6 Å². The van der Waals surface area contributed by atoms with Gasteiger partial charge in [-0.1, -0.05) is 6.92 Å². The highest BCUT2D eigenvalue weighted by Gasteiger charge is 2.11. The lowest BCUT2D eigenvalue weighted by molar-refractivity contribution is -0.115. The molecular formula is C16H14FIN2O2. The Hall–Kier alpha value is -1.96. The highest BCUT2D eigenvalue weighted by atomic mass is 127. The average molecular weight is 412 g/mol. The zero-order valence-electron chi connectivity index (χ0n) is 11.8. The third-order valence-corrected chi connectivity index (χ3v) is 3.82. The highest BCUT2D eigenvalue weighted by Crippen LogP contribution is 2.18. The number of anilines is 2. The molecule has 0 bridgehead atoms. The number of halogens is 2. The van der Waals surface area contributed by atoms with Gasteiger partial charge in [-0.2, -0.15) is 0 Å². The lowest BCUT2D eigenvalue weighted by atomic mass is 10.2. The number of carbonyl (C=O) groups is 2. The Kier molecular flexibility index (Phi) is 5.48. The molecule has 0 fully saturated rings. The van der Waals surface area contributed by atoms with Gasteiger partial charge in [0.05, 0.1) is 5.56 Å². The summed E-state index contributed by atoms with van der Waals surface area (Å²) < 4.78 is 13.6. The van der Waals surface area contributed by atoms with Crippen LogP contribution in [0.1, 0.15) is 23.7 Å². The van der Waals surface area contributed by atoms with Crippen LogP contribution < -0.4 is 10.6 Å². The van der Waals surface area contributed by atoms with Gasteiger partial charge in [-0.25, -0.2) is 4.39 Å². The van der Waals surface area contributed by atoms with Crippen LogP contribution in [0.5, 0.6) is 0 Å². The molecule has 0 aliphatic carbocycles. The Labute approximate surface area is 141 Å². The average Bonchev–Trinajstić information content (AvgIpc) is 2.49. The lowest BCUT2D eigenvalue weighted by Gasteiger charge is -2.08. The van der Waals surface area contributed by atoms with E-state index in [1.165, 1.54) is 18.2 Å². The fourth-order valence-corrected chi connectivity index (χ4v) is 2.48. The van der Waals surface area contributed by atoms with Gasteiger partial charge in [-0.3, -0.25) is 9.59 Å². The molecule has 6 heteroatoms. The molecular weight excluding hydrogens is 398 g/mol. The maximum atomic E-state index is 13.0. The quantitative estimate of drug-likeness (QED) is 0.746. The van der Waals surface area contributed by atoms with Crippen LogP contribution in [-0.4, -0.2) is 11.8 Å². The van der Waals surface area contributed by atoms with E-state index in [1.54, 1.807) is 31.2 Å². The van der Waals surface area contributed by atoms with Crippen molar-refractivity contribution in [2.24, 2.45) is 0 Å². The molecule has 2 rings (SSSR count). The van der Waals surface area contributed by atoms with Crippen LogP contribution >= 0.6 is 22.6 Å². The summed E-state index contributed by atoms with van der Waals surface area (Å²) in [6.07, 6.45) is 0.404. The molecule has 0 heterocycles. The van der Waals surface area contributed by atoms with Crippen LogP contribution in [0.4, 0.5) is 15.8 Å². The largest absolute Gasteiger partial charge is 0.326 e. The number of carbonyl (C=O) groups excluding carboxylic acids is 2. The van der Waals surface area contributed by atoms with Gasteiger partial charge in [-0.05, 0) is 65.1 Å². The minimum Gasteiger partial charge on any atom is -0.326 e. The summed E-state index contributed by atoms with van der Waals surface area (Å²) in [5, 5.41) is 5.46. The van der Waals surface area contributed by atoms with Crippen molar-refractivity contribution in [1.82, 2.24) is 0 Å². The van der Waals surface area contributed by atoms with Gasteiger partial charge in [0.25, 0.3) is 5.91 Å². The third-order valence-electron chi connectivity index (χ3n) is 2.92. The predicted octanol–water partition coefficient (Wildman–Crippen LogP) is 4.03. The molecule has 0 saturated carbocycles. The molecule has 4 nitrogen and oxygen atoms in total. The zero-order chi connectivity index (χ0) is 16.1. The van der Waals surface area contributed by atoms with E-state index in [0.717, 1.165) is 0 Å². The van der Waals surface area contributed by atoms with Crippen LogP contribution in [-0.2, 0) is 4.79 Å². The van der Waals surface area contributed by atoms with Crippen molar-refractivity contribution in [1.29, 1.82) is 0 Å². The SMILES string of the molecule is CCC(=O)Nc1ccc(NC(=O)c2ccc(F)cc2I)cc1. The van der Waals surface area contributed by atoms with Crippen molar-refractivity contribution in [3.8, 4) is 0 Å². The maximum absolute atomic E-state index is 13.0. The van der Waals surface area contributed by atoms with Gasteiger partial charge in [0.15, 0.2) is 0 Å². The van der Waals surface area contributed by atoms with Crippen LogP contribution in [0.2, 0.25) is 0 Å². The molecule has 22 heavy (non-hydrogen) atoms. The summed E-state index contributed by atoms with van der Waals surface area (Å²) in [6, 6.07) is 10.8. The summed E-state index contributed by atoms with van der Waals surface area (Å²) in [6.45, 7) is 1.77. The van der Waals surface area contributed by atoms with Crippen molar-refractivity contribution in [3.63, 3.8) is 0 Å². The van der Waals surface area contributed by atoms with Crippen molar-refractivity contribution in [2.45, 2.75) is 13.3 Å². The number of hydrogen-bond acceptors (Lipinski definition) is 2. The Morgan fingerprint density at radius 2 is 1.64 bits per heavy atom. The summed E-state index contributed by atoms with van der Waals surface area (Å²) in [7, 11) is 0. The molecule has 0 aliphatic heterocycles. The van der Waals surface area contributed by atoms with Gasteiger partial charge in [0.2, 0.25) is 5.91 Å². The van der Waals surface area contributed by atoms with Crippen LogP contribution in [0.3, 0.4) is 0 Å². The second-order valence-corrected chi connectivity index (χ2v) is 5.72. The minimum atomic E-state index is -0.378. The lowest BCUT2D eigenvalue weighted by Crippen LogP contribution is -2.14. The van der Waals surface area contributed by atoms with Gasteiger partial charge in [0.1, 0.15) is 5.82 Å². The Bertz CT molecular complexity index is 702. The molecule has 2 aromatic rings. The smallest absolute Gasteiger partial charge is 0.256 e. The van der Waals surface area contributed by atoms with Gasteiger partial charge in [0, 0.05) is 21.4 Å². The van der Waals surface area contributed by atoms with Gasteiger partial charge >= 0.3 is 0 Å². The van der Waals surface area contributed by atoms with Crippen LogP contribution in [0, 0.1) is 9.39 Å². The van der Waals surface area contributed by atoms with Gasteiger partial charge < -0.3 is 10.6 Å². The van der Waals surface area contributed by atoms with E-state index >= 15 is 0 Å². The number of benzene rings is 2. The van der Waals surface area contributed by atoms with E-state index in [1.807, 2.05) is 22.6 Å². The van der Waals surface area contributed by atoms with Gasteiger partial charge in [-0.15, -0.1) is 0 Å². The molecule has 0 radical (unpaired) electrons. The molecule has 2 N–H and O–H groups in total. The molecule has 0 spiro atoms. The molecule has 2 amide bonds. The van der Waals surface area contributed by atoms with Crippen molar-refractivity contribution in [3.05, 3.63) is 57.4 Å². The summed E-state index contributed by atoms with van der Waals surface area (Å²) >= 11 is 1.92. The van der Waals surface area contributed by atoms with Crippen molar-refractivity contribution >= 4 is 45.8 Å². The van der Waals surface area contributed by atoms with Crippen molar-refractivity contribution in [2.75, 3.05) is 10.6 Å². The normalized spacial score (nSPS) is 10.1. The molecule has 2 aromatic carbocycles. The summed E-state index contributed by atoms with van der Waals surface area (Å²) in [5.74, 6) is -0.760. The van der Waals surface area contributed by atoms with Crippen molar-refractivity contribution < 1.29 is 14.0 Å². The monoisotopic (exact) mass is 412 g/mol. The van der Waals surface area contributed by atoms with E-state index < -0.39 is 0 Å². The first-order valence-corrected chi connectivity index (χ1v) is 7.74. The molecule has 0 unspecified atom stereocenters. The molecule has 0 saturated heterocycles. The van der Waals surface area contributed by atoms with Crippen LogP contribution in [0.25, 0.3) is 0 Å². The first-order valence-electron chi connectivity index (χ1n) is 6.66. The number of amides is 2.